The summed E-state index contributed by atoms with van der Waals surface area (Å²) in [5.74, 6) is 1.25. The molecular weight excluding hydrogens is 408 g/mol. The molecule has 2 N–H and O–H groups in total. The van der Waals surface area contributed by atoms with Crippen molar-refractivity contribution in [3.63, 3.8) is 0 Å². The van der Waals surface area contributed by atoms with E-state index in [0.29, 0.717) is 43.5 Å². The smallest absolute Gasteiger partial charge is 0.259 e. The number of tetrazole rings is 1. The molecule has 0 atom stereocenters. The Labute approximate surface area is 184 Å². The molecule has 1 aliphatic rings. The summed E-state index contributed by atoms with van der Waals surface area (Å²) in [6, 6.07) is 11.5. The number of aromatic nitrogens is 6. The predicted octanol–water partition coefficient (Wildman–Crippen LogP) is 1.67. The van der Waals surface area contributed by atoms with E-state index in [1.54, 1.807) is 10.5 Å². The predicted molar refractivity (Wildman–Crippen MR) is 121 cm³/mol. The van der Waals surface area contributed by atoms with Crippen molar-refractivity contribution in [3.05, 3.63) is 64.1 Å². The summed E-state index contributed by atoms with van der Waals surface area (Å²) in [6.07, 6.45) is 2.54. The molecule has 0 spiro atoms. The van der Waals surface area contributed by atoms with Gasteiger partial charge < -0.3 is 15.0 Å². The third-order valence-electron chi connectivity index (χ3n) is 5.52. The SMILES string of the molecule is Cc1cc(CCNc2ccccc2-c2nn[nH]n2)c2nc(N3CCOCC3)cc(=O)n2c1. The summed E-state index contributed by atoms with van der Waals surface area (Å²) in [4.78, 5) is 19.8. The fraction of sp³-hybridized carbons (Fsp3) is 0.318. The number of benzene rings is 1. The molecule has 0 bridgehead atoms. The topological polar surface area (TPSA) is 113 Å². The molecule has 3 aromatic heterocycles. The second kappa shape index (κ2) is 8.75. The second-order valence-electron chi connectivity index (χ2n) is 7.75. The molecule has 0 saturated carbocycles. The zero-order chi connectivity index (χ0) is 21.9. The number of H-pyrrole nitrogens is 1. The number of nitrogens with one attached hydrogen (secondary N) is 2. The van der Waals surface area contributed by atoms with Gasteiger partial charge in [0.1, 0.15) is 11.5 Å². The van der Waals surface area contributed by atoms with Gasteiger partial charge in [-0.3, -0.25) is 9.20 Å². The highest BCUT2D eigenvalue weighted by atomic mass is 16.5. The minimum atomic E-state index is -0.0724. The van der Waals surface area contributed by atoms with E-state index in [1.807, 2.05) is 37.4 Å². The number of aryl methyl sites for hydroxylation is 1. The van der Waals surface area contributed by atoms with Gasteiger partial charge in [0.25, 0.3) is 5.56 Å². The highest BCUT2D eigenvalue weighted by Gasteiger charge is 2.16. The van der Waals surface area contributed by atoms with Gasteiger partial charge in [0.05, 0.1) is 13.2 Å². The van der Waals surface area contributed by atoms with E-state index in [-0.39, 0.29) is 5.56 Å². The van der Waals surface area contributed by atoms with E-state index in [4.69, 9.17) is 9.72 Å². The Morgan fingerprint density at radius 2 is 2.03 bits per heavy atom. The van der Waals surface area contributed by atoms with Crippen LogP contribution in [-0.4, -0.2) is 62.9 Å². The lowest BCUT2D eigenvalue weighted by Gasteiger charge is -2.28. The first-order valence-corrected chi connectivity index (χ1v) is 10.6. The van der Waals surface area contributed by atoms with Crippen LogP contribution in [0.5, 0.6) is 0 Å². The van der Waals surface area contributed by atoms with Crippen LogP contribution in [0, 0.1) is 6.92 Å². The zero-order valence-corrected chi connectivity index (χ0v) is 17.8. The number of anilines is 2. The molecule has 0 radical (unpaired) electrons. The number of hydrogen-bond acceptors (Lipinski definition) is 8. The normalized spacial score (nSPS) is 14.1. The average molecular weight is 432 g/mol. The molecule has 1 aromatic carbocycles. The second-order valence-corrected chi connectivity index (χ2v) is 7.75. The van der Waals surface area contributed by atoms with Crippen LogP contribution < -0.4 is 15.8 Å². The molecule has 4 heterocycles. The van der Waals surface area contributed by atoms with Crippen LogP contribution in [-0.2, 0) is 11.2 Å². The maximum absolute atomic E-state index is 12.8. The van der Waals surface area contributed by atoms with Crippen LogP contribution in [0.25, 0.3) is 17.0 Å². The van der Waals surface area contributed by atoms with Gasteiger partial charge in [0.15, 0.2) is 0 Å². The van der Waals surface area contributed by atoms with E-state index >= 15 is 0 Å². The van der Waals surface area contributed by atoms with Gasteiger partial charge >= 0.3 is 0 Å². The number of hydrogen-bond donors (Lipinski definition) is 2. The Bertz CT molecular complexity index is 1280. The molecule has 0 amide bonds. The van der Waals surface area contributed by atoms with E-state index in [9.17, 15) is 4.79 Å². The van der Waals surface area contributed by atoms with Gasteiger partial charge in [-0.05, 0) is 41.8 Å². The van der Waals surface area contributed by atoms with Gasteiger partial charge in [-0.25, -0.2) is 4.98 Å². The van der Waals surface area contributed by atoms with Crippen LogP contribution in [0.1, 0.15) is 11.1 Å². The lowest BCUT2D eigenvalue weighted by atomic mass is 10.1. The van der Waals surface area contributed by atoms with Crippen molar-refractivity contribution in [2.75, 3.05) is 43.1 Å². The molecule has 32 heavy (non-hydrogen) atoms. The average Bonchev–Trinajstić information content (AvgIpc) is 3.35. The molecular formula is C22H24N8O2. The van der Waals surface area contributed by atoms with Crippen LogP contribution >= 0.6 is 0 Å². The van der Waals surface area contributed by atoms with Crippen molar-refractivity contribution in [3.8, 4) is 11.4 Å². The van der Waals surface area contributed by atoms with Crippen molar-refractivity contribution in [2.45, 2.75) is 13.3 Å². The van der Waals surface area contributed by atoms with E-state index < -0.39 is 0 Å². The summed E-state index contributed by atoms with van der Waals surface area (Å²) in [5.41, 5.74) is 4.45. The number of para-hydroxylation sites is 1. The Balaban J connectivity index is 1.42. The van der Waals surface area contributed by atoms with Crippen LogP contribution in [0.2, 0.25) is 0 Å². The molecule has 0 aliphatic carbocycles. The Morgan fingerprint density at radius 3 is 2.84 bits per heavy atom. The van der Waals surface area contributed by atoms with Crippen LogP contribution in [0.3, 0.4) is 0 Å². The zero-order valence-electron chi connectivity index (χ0n) is 17.8. The molecule has 4 aromatic rings. The fourth-order valence-corrected chi connectivity index (χ4v) is 3.99. The maximum Gasteiger partial charge on any atom is 0.259 e. The largest absolute Gasteiger partial charge is 0.384 e. The van der Waals surface area contributed by atoms with Crippen molar-refractivity contribution in [1.29, 1.82) is 0 Å². The van der Waals surface area contributed by atoms with Gasteiger partial charge in [0, 0.05) is 43.1 Å². The highest BCUT2D eigenvalue weighted by molar-refractivity contribution is 5.72. The summed E-state index contributed by atoms with van der Waals surface area (Å²) < 4.78 is 7.07. The third-order valence-corrected chi connectivity index (χ3v) is 5.52. The van der Waals surface area contributed by atoms with E-state index in [1.165, 1.54) is 0 Å². The molecule has 1 saturated heterocycles. The summed E-state index contributed by atoms with van der Waals surface area (Å²) >= 11 is 0. The number of fused-ring (bicyclic) bond motifs is 1. The lowest BCUT2D eigenvalue weighted by Crippen LogP contribution is -2.37. The number of rotatable bonds is 6. The number of pyridine rings is 1. The Hall–Kier alpha value is -3.79. The molecule has 0 unspecified atom stereocenters. The minimum absolute atomic E-state index is 0.0724. The van der Waals surface area contributed by atoms with Gasteiger partial charge in [0.2, 0.25) is 5.82 Å². The number of aromatic amines is 1. The quantitative estimate of drug-likeness (QED) is 0.473. The maximum atomic E-state index is 12.8. The minimum Gasteiger partial charge on any atom is -0.384 e. The van der Waals surface area contributed by atoms with Crippen molar-refractivity contribution in [2.24, 2.45) is 0 Å². The summed E-state index contributed by atoms with van der Waals surface area (Å²) in [7, 11) is 0. The monoisotopic (exact) mass is 432 g/mol. The van der Waals surface area contributed by atoms with E-state index in [2.05, 4.69) is 36.9 Å². The van der Waals surface area contributed by atoms with Crippen molar-refractivity contribution in [1.82, 2.24) is 30.0 Å². The molecule has 5 rings (SSSR count). The van der Waals surface area contributed by atoms with E-state index in [0.717, 1.165) is 35.5 Å². The summed E-state index contributed by atoms with van der Waals surface area (Å²) in [6.45, 7) is 5.41. The molecule has 10 nitrogen and oxygen atoms in total. The lowest BCUT2D eigenvalue weighted by molar-refractivity contribution is 0.122. The Morgan fingerprint density at radius 1 is 1.19 bits per heavy atom. The molecule has 1 aliphatic heterocycles. The van der Waals surface area contributed by atoms with Gasteiger partial charge in [-0.2, -0.15) is 5.21 Å². The summed E-state index contributed by atoms with van der Waals surface area (Å²) in [5, 5.41) is 17.8. The van der Waals surface area contributed by atoms with Crippen molar-refractivity contribution >= 4 is 17.2 Å². The first kappa shape index (κ1) is 20.1. The van der Waals surface area contributed by atoms with Gasteiger partial charge in [-0.15, -0.1) is 10.2 Å². The van der Waals surface area contributed by atoms with Crippen molar-refractivity contribution < 1.29 is 4.74 Å². The Kier molecular flexibility index (Phi) is 5.51. The highest BCUT2D eigenvalue weighted by Crippen LogP contribution is 2.24. The fourth-order valence-electron chi connectivity index (χ4n) is 3.99. The van der Waals surface area contributed by atoms with Crippen LogP contribution in [0.4, 0.5) is 11.5 Å². The first-order valence-electron chi connectivity index (χ1n) is 10.6. The molecule has 164 valence electrons. The number of nitrogens with zero attached hydrogens (tertiary/aromatic N) is 6. The van der Waals surface area contributed by atoms with Gasteiger partial charge in [-0.1, -0.05) is 18.2 Å². The third kappa shape index (κ3) is 4.04. The first-order chi connectivity index (χ1) is 15.7. The van der Waals surface area contributed by atoms with Crippen LogP contribution in [0.15, 0.2) is 47.4 Å². The number of ether oxygens (including phenoxy) is 1. The standard InChI is InChI=1S/C22H24N8O2/c1-15-12-16(6-7-23-18-5-3-2-4-17(18)21-25-27-28-26-21)22-24-19(13-20(31)30(22)14-15)29-8-10-32-11-9-29/h2-5,12-14,23H,6-11H2,1H3,(H,25,26,27,28). The molecule has 1 fully saturated rings. The number of morpholine rings is 1. The molecule has 10 heteroatoms.